The molecule has 2 amide bonds. The third-order valence-corrected chi connectivity index (χ3v) is 5.51. The van der Waals surface area contributed by atoms with Crippen molar-refractivity contribution >= 4 is 40.1 Å². The van der Waals surface area contributed by atoms with Crippen LogP contribution in [-0.2, 0) is 4.74 Å². The lowest BCUT2D eigenvalue weighted by Gasteiger charge is -2.20. The molecule has 2 N–H and O–H groups in total. The van der Waals surface area contributed by atoms with E-state index in [-0.39, 0.29) is 22.8 Å². The van der Waals surface area contributed by atoms with Crippen LogP contribution >= 0.6 is 11.3 Å². The SMILES string of the molecule is CC[N+]1(C(=O)O)N=C(NC(=O)c2ccc(F)cc2)c2cc(C(=O)OC(C)(C)C)sc21. The minimum absolute atomic E-state index is 0.0228. The van der Waals surface area contributed by atoms with Crippen LogP contribution in [0.25, 0.3) is 0 Å². The second-order valence-electron chi connectivity index (χ2n) is 7.61. The van der Waals surface area contributed by atoms with Crippen molar-refractivity contribution in [2.75, 3.05) is 6.54 Å². The number of amides is 2. The third kappa shape index (κ3) is 3.96. The van der Waals surface area contributed by atoms with E-state index in [1.807, 2.05) is 0 Å². The van der Waals surface area contributed by atoms with Gasteiger partial charge in [-0.15, -0.1) is 0 Å². The molecule has 0 spiro atoms. The van der Waals surface area contributed by atoms with E-state index in [1.54, 1.807) is 27.7 Å². The molecule has 0 fully saturated rings. The van der Waals surface area contributed by atoms with Gasteiger partial charge in [0.2, 0.25) is 10.8 Å². The van der Waals surface area contributed by atoms with E-state index in [0.29, 0.717) is 10.6 Å². The molecule has 2 aromatic rings. The largest absolute Gasteiger partial charge is 0.547 e. The van der Waals surface area contributed by atoms with Crippen molar-refractivity contribution in [3.8, 4) is 0 Å². The molecule has 0 saturated heterocycles. The quantitative estimate of drug-likeness (QED) is 0.562. The summed E-state index contributed by atoms with van der Waals surface area (Å²) in [5, 5.41) is 16.9. The van der Waals surface area contributed by atoms with Crippen LogP contribution in [0.4, 0.5) is 14.2 Å². The zero-order valence-electron chi connectivity index (χ0n) is 16.9. The van der Waals surface area contributed by atoms with E-state index < -0.39 is 34.0 Å². The van der Waals surface area contributed by atoms with E-state index in [0.717, 1.165) is 23.5 Å². The third-order valence-electron chi connectivity index (χ3n) is 4.29. The van der Waals surface area contributed by atoms with Gasteiger partial charge in [0.05, 0.1) is 5.56 Å². The van der Waals surface area contributed by atoms with Gasteiger partial charge in [-0.25, -0.2) is 9.18 Å². The van der Waals surface area contributed by atoms with Gasteiger partial charge in [-0.3, -0.25) is 4.79 Å². The lowest BCUT2D eigenvalue weighted by molar-refractivity contribution is 0.00750. The number of carbonyl (C=O) groups excluding carboxylic acids is 2. The Kier molecular flexibility index (Phi) is 5.48. The van der Waals surface area contributed by atoms with Crippen LogP contribution in [0.2, 0.25) is 0 Å². The summed E-state index contributed by atoms with van der Waals surface area (Å²) in [7, 11) is 0. The Morgan fingerprint density at radius 2 is 1.87 bits per heavy atom. The molecule has 1 aromatic heterocycles. The number of carbonyl (C=O) groups is 3. The maximum Gasteiger partial charge on any atom is 0.547 e. The molecule has 0 saturated carbocycles. The molecule has 10 heteroatoms. The van der Waals surface area contributed by atoms with Gasteiger partial charge in [0.15, 0.2) is 0 Å². The average Bonchev–Trinajstić information content (AvgIpc) is 3.20. The molecule has 1 unspecified atom stereocenters. The zero-order valence-corrected chi connectivity index (χ0v) is 17.7. The first-order valence-electron chi connectivity index (χ1n) is 9.13. The second kappa shape index (κ2) is 7.62. The summed E-state index contributed by atoms with van der Waals surface area (Å²) in [6.45, 7) is 6.88. The van der Waals surface area contributed by atoms with Crippen LogP contribution in [0.3, 0.4) is 0 Å². The molecule has 1 aromatic carbocycles. The van der Waals surface area contributed by atoms with Crippen molar-refractivity contribution in [1.82, 2.24) is 9.91 Å². The number of quaternary nitrogens is 1. The van der Waals surface area contributed by atoms with Gasteiger partial charge in [-0.05, 0) is 63.1 Å². The smallest absolute Gasteiger partial charge is 0.456 e. The van der Waals surface area contributed by atoms with E-state index in [9.17, 15) is 23.9 Å². The Morgan fingerprint density at radius 1 is 1.23 bits per heavy atom. The van der Waals surface area contributed by atoms with E-state index in [1.165, 1.54) is 18.2 Å². The number of halogens is 1. The summed E-state index contributed by atoms with van der Waals surface area (Å²) in [5.41, 5.74) is -0.205. The van der Waals surface area contributed by atoms with Gasteiger partial charge >= 0.3 is 12.1 Å². The number of thiophene rings is 1. The molecule has 158 valence electrons. The summed E-state index contributed by atoms with van der Waals surface area (Å²) < 4.78 is 17.7. The monoisotopic (exact) mass is 434 g/mol. The Morgan fingerprint density at radius 3 is 2.40 bits per heavy atom. The summed E-state index contributed by atoms with van der Waals surface area (Å²) in [6, 6.07) is 6.37. The second-order valence-corrected chi connectivity index (χ2v) is 8.64. The molecule has 1 aliphatic rings. The molecule has 30 heavy (non-hydrogen) atoms. The van der Waals surface area contributed by atoms with Crippen molar-refractivity contribution < 1.29 is 28.6 Å². The maximum atomic E-state index is 13.1. The van der Waals surface area contributed by atoms with Gasteiger partial charge in [-0.2, -0.15) is 4.79 Å². The van der Waals surface area contributed by atoms with Crippen LogP contribution in [0, 0.1) is 5.82 Å². The van der Waals surface area contributed by atoms with Crippen LogP contribution in [0.1, 0.15) is 53.3 Å². The highest BCUT2D eigenvalue weighted by molar-refractivity contribution is 7.18. The molecular weight excluding hydrogens is 413 g/mol. The minimum Gasteiger partial charge on any atom is -0.456 e. The fraction of sp³-hybridized carbons (Fsp3) is 0.300. The average molecular weight is 434 g/mol. The Labute approximate surface area is 176 Å². The number of nitrogens with one attached hydrogen (secondary N) is 1. The number of amidine groups is 1. The molecule has 0 bridgehead atoms. The minimum atomic E-state index is -1.25. The van der Waals surface area contributed by atoms with E-state index in [4.69, 9.17) is 4.74 Å². The van der Waals surface area contributed by atoms with E-state index in [2.05, 4.69) is 10.4 Å². The zero-order chi connectivity index (χ0) is 22.3. The number of ether oxygens (including phenoxy) is 1. The van der Waals surface area contributed by atoms with Crippen LogP contribution < -0.4 is 9.91 Å². The lowest BCUT2D eigenvalue weighted by atomic mass is 10.2. The highest BCUT2D eigenvalue weighted by Crippen LogP contribution is 2.42. The molecule has 1 aliphatic heterocycles. The number of benzene rings is 1. The Balaban J connectivity index is 2.00. The van der Waals surface area contributed by atoms with Crippen molar-refractivity contribution in [1.29, 1.82) is 0 Å². The highest BCUT2D eigenvalue weighted by Gasteiger charge is 2.50. The van der Waals surface area contributed by atoms with Crippen molar-refractivity contribution in [3.63, 3.8) is 0 Å². The number of nitrogens with zero attached hydrogens (tertiary/aromatic N) is 2. The fourth-order valence-electron chi connectivity index (χ4n) is 2.88. The maximum absolute atomic E-state index is 13.1. The standard InChI is InChI=1S/C20H20FN3O5S/c1-5-24(19(27)28)17-13(10-14(30-17)18(26)29-20(2,3)4)15(23-24)22-16(25)11-6-8-12(21)9-7-11/h6-10H,5H2,1-4H3,(H-,22,23,25,27,28)/p+1. The summed E-state index contributed by atoms with van der Waals surface area (Å²) in [6.07, 6.45) is -1.25. The summed E-state index contributed by atoms with van der Waals surface area (Å²) in [5.74, 6) is -1.63. The van der Waals surface area contributed by atoms with Gasteiger partial charge in [-0.1, -0.05) is 15.9 Å². The van der Waals surface area contributed by atoms with Crippen LogP contribution in [-0.4, -0.2) is 41.1 Å². The van der Waals surface area contributed by atoms with E-state index >= 15 is 0 Å². The number of esters is 1. The Hall–Kier alpha value is -3.11. The number of carboxylic acid groups (broad SMARTS) is 1. The van der Waals surface area contributed by atoms with Gasteiger partial charge < -0.3 is 15.2 Å². The first-order valence-corrected chi connectivity index (χ1v) is 9.95. The van der Waals surface area contributed by atoms with Crippen molar-refractivity contribution in [2.45, 2.75) is 33.3 Å². The van der Waals surface area contributed by atoms with Gasteiger partial charge in [0, 0.05) is 5.56 Å². The fourth-order valence-corrected chi connectivity index (χ4v) is 4.05. The molecule has 2 heterocycles. The predicted molar refractivity (Wildman–Crippen MR) is 110 cm³/mol. The number of rotatable bonds is 3. The van der Waals surface area contributed by atoms with Crippen molar-refractivity contribution in [3.05, 3.63) is 52.2 Å². The van der Waals surface area contributed by atoms with Crippen LogP contribution in [0.5, 0.6) is 0 Å². The Bertz CT molecular complexity index is 1060. The molecular formula is C20H21FN3O5S+. The first kappa shape index (κ1) is 21.6. The molecule has 1 atom stereocenters. The first-order chi connectivity index (χ1) is 14.0. The molecule has 0 aliphatic carbocycles. The van der Waals surface area contributed by atoms with Gasteiger partial charge in [0.1, 0.15) is 22.8 Å². The summed E-state index contributed by atoms with van der Waals surface area (Å²) >= 11 is 0.961. The van der Waals surface area contributed by atoms with Crippen LogP contribution in [0.15, 0.2) is 35.4 Å². The lowest BCUT2D eigenvalue weighted by Crippen LogP contribution is -2.47. The topological polar surface area (TPSA) is 105 Å². The number of hydrogen-bond donors (Lipinski definition) is 2. The molecule has 0 radical (unpaired) electrons. The molecule has 8 nitrogen and oxygen atoms in total. The highest BCUT2D eigenvalue weighted by atomic mass is 32.1. The molecule has 3 rings (SSSR count). The van der Waals surface area contributed by atoms with Crippen molar-refractivity contribution in [2.24, 2.45) is 5.10 Å². The predicted octanol–water partition coefficient (Wildman–Crippen LogP) is 3.95. The summed E-state index contributed by atoms with van der Waals surface area (Å²) in [4.78, 5) is 37.3. The normalized spacial score (nSPS) is 17.8. The van der Waals surface area contributed by atoms with Gasteiger partial charge in [0.25, 0.3) is 5.91 Å². The number of hydrogen-bond acceptors (Lipinski definition) is 6. The number of fused-ring (bicyclic) bond motifs is 1.